The standard InChI is InChI=1S/C18H26N2/c1-13(2)11-16(12-14(3)4)20-17-9-5-7-15-8-6-10-19-18(15)17/h5-10,13-14,16,20H,11-12H2,1-4H3. The van der Waals surface area contributed by atoms with E-state index < -0.39 is 0 Å². The van der Waals surface area contributed by atoms with Crippen LogP contribution in [0.25, 0.3) is 10.9 Å². The van der Waals surface area contributed by atoms with Crippen molar-refractivity contribution in [1.29, 1.82) is 0 Å². The lowest BCUT2D eigenvalue weighted by atomic mass is 9.95. The number of aromatic nitrogens is 1. The van der Waals surface area contributed by atoms with Crippen molar-refractivity contribution in [1.82, 2.24) is 4.98 Å². The van der Waals surface area contributed by atoms with Gasteiger partial charge in [0.25, 0.3) is 0 Å². The van der Waals surface area contributed by atoms with Gasteiger partial charge in [0.05, 0.1) is 11.2 Å². The van der Waals surface area contributed by atoms with Gasteiger partial charge in [-0.1, -0.05) is 45.9 Å². The molecule has 0 bridgehead atoms. The van der Waals surface area contributed by atoms with Crippen LogP contribution in [0.2, 0.25) is 0 Å². The molecule has 0 aliphatic rings. The Morgan fingerprint density at radius 3 is 2.25 bits per heavy atom. The Labute approximate surface area is 122 Å². The third-order valence-electron chi connectivity index (χ3n) is 3.50. The topological polar surface area (TPSA) is 24.9 Å². The highest BCUT2D eigenvalue weighted by molar-refractivity contribution is 5.90. The van der Waals surface area contributed by atoms with Crippen molar-refractivity contribution in [2.75, 3.05) is 5.32 Å². The summed E-state index contributed by atoms with van der Waals surface area (Å²) >= 11 is 0. The van der Waals surface area contributed by atoms with Gasteiger partial charge in [-0.2, -0.15) is 0 Å². The van der Waals surface area contributed by atoms with Gasteiger partial charge in [-0.15, -0.1) is 0 Å². The predicted octanol–water partition coefficient (Wildman–Crippen LogP) is 5.11. The van der Waals surface area contributed by atoms with E-state index in [4.69, 9.17) is 0 Å². The second kappa shape index (κ2) is 6.74. The molecule has 20 heavy (non-hydrogen) atoms. The van der Waals surface area contributed by atoms with Crippen LogP contribution in [-0.2, 0) is 0 Å². The van der Waals surface area contributed by atoms with E-state index in [0.29, 0.717) is 17.9 Å². The molecular formula is C18H26N2. The minimum absolute atomic E-state index is 0.516. The van der Waals surface area contributed by atoms with Gasteiger partial charge < -0.3 is 5.32 Å². The van der Waals surface area contributed by atoms with Crippen LogP contribution < -0.4 is 5.32 Å². The van der Waals surface area contributed by atoms with E-state index in [0.717, 1.165) is 11.2 Å². The van der Waals surface area contributed by atoms with Crippen molar-refractivity contribution >= 4 is 16.6 Å². The van der Waals surface area contributed by atoms with Crippen LogP contribution in [0.15, 0.2) is 36.5 Å². The first-order valence-corrected chi connectivity index (χ1v) is 7.66. The van der Waals surface area contributed by atoms with Crippen LogP contribution in [0.4, 0.5) is 5.69 Å². The first-order chi connectivity index (χ1) is 9.56. The number of nitrogens with zero attached hydrogens (tertiary/aromatic N) is 1. The fraction of sp³-hybridized carbons (Fsp3) is 0.500. The number of fused-ring (bicyclic) bond motifs is 1. The monoisotopic (exact) mass is 270 g/mol. The Hall–Kier alpha value is -1.57. The van der Waals surface area contributed by atoms with Gasteiger partial charge in [0.15, 0.2) is 0 Å². The molecule has 2 aromatic rings. The second-order valence-corrected chi connectivity index (χ2v) is 6.48. The molecule has 0 fully saturated rings. The fourth-order valence-corrected chi connectivity index (χ4v) is 2.79. The molecule has 2 nitrogen and oxygen atoms in total. The molecule has 1 N–H and O–H groups in total. The summed E-state index contributed by atoms with van der Waals surface area (Å²) in [5.41, 5.74) is 2.24. The van der Waals surface area contributed by atoms with Crippen LogP contribution in [0.5, 0.6) is 0 Å². The fourth-order valence-electron chi connectivity index (χ4n) is 2.79. The van der Waals surface area contributed by atoms with E-state index in [1.54, 1.807) is 0 Å². The summed E-state index contributed by atoms with van der Waals surface area (Å²) in [7, 11) is 0. The van der Waals surface area contributed by atoms with E-state index >= 15 is 0 Å². The highest BCUT2D eigenvalue weighted by Gasteiger charge is 2.14. The molecule has 2 rings (SSSR count). The van der Waals surface area contributed by atoms with Gasteiger partial charge in [0.1, 0.15) is 0 Å². The predicted molar refractivity (Wildman–Crippen MR) is 88.1 cm³/mol. The molecule has 0 unspecified atom stereocenters. The van der Waals surface area contributed by atoms with Crippen molar-refractivity contribution in [3.05, 3.63) is 36.5 Å². The second-order valence-electron chi connectivity index (χ2n) is 6.48. The first kappa shape index (κ1) is 14.8. The minimum Gasteiger partial charge on any atom is -0.381 e. The van der Waals surface area contributed by atoms with E-state index in [2.05, 4.69) is 62.3 Å². The Bertz CT molecular complexity index is 531. The lowest BCUT2D eigenvalue weighted by Crippen LogP contribution is -2.23. The lowest BCUT2D eigenvalue weighted by molar-refractivity contribution is 0.442. The highest BCUT2D eigenvalue weighted by atomic mass is 14.9. The molecule has 0 amide bonds. The maximum absolute atomic E-state index is 4.53. The summed E-state index contributed by atoms with van der Waals surface area (Å²) in [6, 6.07) is 11.0. The largest absolute Gasteiger partial charge is 0.381 e. The average Bonchev–Trinajstić information content (AvgIpc) is 2.37. The number of pyridine rings is 1. The average molecular weight is 270 g/mol. The molecule has 0 saturated carbocycles. The molecule has 0 spiro atoms. The van der Waals surface area contributed by atoms with Crippen molar-refractivity contribution < 1.29 is 0 Å². The van der Waals surface area contributed by atoms with E-state index in [1.165, 1.54) is 18.2 Å². The van der Waals surface area contributed by atoms with Crippen molar-refractivity contribution in [2.24, 2.45) is 11.8 Å². The quantitative estimate of drug-likeness (QED) is 0.789. The molecule has 0 aliphatic carbocycles. The summed E-state index contributed by atoms with van der Waals surface area (Å²) in [6.07, 6.45) is 4.26. The normalized spacial score (nSPS) is 11.8. The smallest absolute Gasteiger partial charge is 0.0933 e. The van der Waals surface area contributed by atoms with Gasteiger partial charge in [-0.3, -0.25) is 4.98 Å². The molecule has 1 heterocycles. The van der Waals surface area contributed by atoms with E-state index in [1.807, 2.05) is 12.3 Å². The SMILES string of the molecule is CC(C)CC(CC(C)C)Nc1cccc2cccnc12. The molecule has 2 heteroatoms. The Morgan fingerprint density at radius 1 is 0.950 bits per heavy atom. The summed E-state index contributed by atoms with van der Waals surface area (Å²) < 4.78 is 0. The van der Waals surface area contributed by atoms with Crippen LogP contribution in [-0.4, -0.2) is 11.0 Å². The van der Waals surface area contributed by atoms with Gasteiger partial charge in [-0.25, -0.2) is 0 Å². The summed E-state index contributed by atoms with van der Waals surface area (Å²) in [5, 5.41) is 4.92. The summed E-state index contributed by atoms with van der Waals surface area (Å²) in [5.74, 6) is 1.41. The van der Waals surface area contributed by atoms with Crippen molar-refractivity contribution in [2.45, 2.75) is 46.6 Å². The number of rotatable bonds is 6. The highest BCUT2D eigenvalue weighted by Crippen LogP contribution is 2.24. The minimum atomic E-state index is 0.516. The van der Waals surface area contributed by atoms with Crippen LogP contribution in [0.1, 0.15) is 40.5 Å². The molecular weight excluding hydrogens is 244 g/mol. The number of benzene rings is 1. The van der Waals surface area contributed by atoms with Gasteiger partial charge in [0.2, 0.25) is 0 Å². The molecule has 1 aromatic carbocycles. The number of anilines is 1. The molecule has 108 valence electrons. The summed E-state index contributed by atoms with van der Waals surface area (Å²) in [4.78, 5) is 4.53. The van der Waals surface area contributed by atoms with Gasteiger partial charge >= 0.3 is 0 Å². The summed E-state index contributed by atoms with van der Waals surface area (Å²) in [6.45, 7) is 9.15. The molecule has 0 saturated heterocycles. The van der Waals surface area contributed by atoms with Crippen molar-refractivity contribution in [3.8, 4) is 0 Å². The third-order valence-corrected chi connectivity index (χ3v) is 3.50. The Kier molecular flexibility index (Phi) is 4.99. The number of nitrogens with one attached hydrogen (secondary N) is 1. The maximum atomic E-state index is 4.53. The molecule has 0 aliphatic heterocycles. The Balaban J connectivity index is 2.23. The van der Waals surface area contributed by atoms with E-state index in [-0.39, 0.29) is 0 Å². The first-order valence-electron chi connectivity index (χ1n) is 7.66. The molecule has 0 atom stereocenters. The molecule has 0 radical (unpaired) electrons. The van der Waals surface area contributed by atoms with E-state index in [9.17, 15) is 0 Å². The van der Waals surface area contributed by atoms with Gasteiger partial charge in [-0.05, 0) is 36.8 Å². The number of para-hydroxylation sites is 1. The van der Waals surface area contributed by atoms with Crippen LogP contribution in [0, 0.1) is 11.8 Å². The lowest BCUT2D eigenvalue weighted by Gasteiger charge is -2.24. The van der Waals surface area contributed by atoms with Crippen molar-refractivity contribution in [3.63, 3.8) is 0 Å². The third kappa shape index (κ3) is 3.96. The number of hydrogen-bond donors (Lipinski definition) is 1. The maximum Gasteiger partial charge on any atom is 0.0933 e. The van der Waals surface area contributed by atoms with Crippen LogP contribution in [0.3, 0.4) is 0 Å². The van der Waals surface area contributed by atoms with Gasteiger partial charge in [0, 0.05) is 17.6 Å². The molecule has 1 aromatic heterocycles. The van der Waals surface area contributed by atoms with Crippen LogP contribution >= 0.6 is 0 Å². The number of hydrogen-bond acceptors (Lipinski definition) is 2. The zero-order chi connectivity index (χ0) is 14.5. The zero-order valence-corrected chi connectivity index (χ0v) is 13.1. The Morgan fingerprint density at radius 2 is 1.60 bits per heavy atom. The zero-order valence-electron chi connectivity index (χ0n) is 13.1.